The molecule has 0 spiro atoms. The predicted octanol–water partition coefficient (Wildman–Crippen LogP) is 2.89. The molecule has 0 aliphatic carbocycles. The van der Waals surface area contributed by atoms with Crippen molar-refractivity contribution in [3.8, 4) is 11.3 Å². The molecule has 5 heteroatoms. The van der Waals surface area contributed by atoms with Gasteiger partial charge in [-0.2, -0.15) is 0 Å². The number of benzene rings is 1. The minimum Gasteiger partial charge on any atom is -0.385 e. The van der Waals surface area contributed by atoms with Crippen LogP contribution in [0.2, 0.25) is 0 Å². The molecule has 4 nitrogen and oxygen atoms in total. The Labute approximate surface area is 128 Å². The van der Waals surface area contributed by atoms with E-state index in [1.54, 1.807) is 29.9 Å². The molecular formula is C17H18FNO3. The largest absolute Gasteiger partial charge is 0.385 e. The Kier molecular flexibility index (Phi) is 5.22. The maximum absolute atomic E-state index is 13.1. The Morgan fingerprint density at radius 1 is 1.18 bits per heavy atom. The van der Waals surface area contributed by atoms with Crippen molar-refractivity contribution in [1.29, 1.82) is 0 Å². The van der Waals surface area contributed by atoms with Gasteiger partial charge in [0.05, 0.1) is 11.3 Å². The molecule has 1 aromatic heterocycles. The predicted molar refractivity (Wildman–Crippen MR) is 82.6 cm³/mol. The first-order valence-electron chi connectivity index (χ1n) is 7.04. The van der Waals surface area contributed by atoms with Crippen molar-refractivity contribution < 1.29 is 13.9 Å². The summed E-state index contributed by atoms with van der Waals surface area (Å²) >= 11 is 0. The van der Waals surface area contributed by atoms with E-state index >= 15 is 0 Å². The van der Waals surface area contributed by atoms with Crippen molar-refractivity contribution in [3.63, 3.8) is 0 Å². The van der Waals surface area contributed by atoms with Crippen LogP contribution in [0.25, 0.3) is 11.3 Å². The van der Waals surface area contributed by atoms with Gasteiger partial charge in [0.25, 0.3) is 5.56 Å². The van der Waals surface area contributed by atoms with Gasteiger partial charge >= 0.3 is 0 Å². The molecule has 0 radical (unpaired) electrons. The standard InChI is InChI=1S/C17H18FNO3/c1-12(20)15-8-9-16(13-4-6-14(18)7-5-13)19(17(15)21)10-3-11-22-2/h4-9H,3,10-11H2,1-2H3. The van der Waals surface area contributed by atoms with Crippen LogP contribution in [0.1, 0.15) is 23.7 Å². The van der Waals surface area contributed by atoms with E-state index in [-0.39, 0.29) is 22.7 Å². The first-order valence-corrected chi connectivity index (χ1v) is 7.04. The van der Waals surface area contributed by atoms with Crippen molar-refractivity contribution in [2.24, 2.45) is 0 Å². The van der Waals surface area contributed by atoms with Crippen LogP contribution in [-0.4, -0.2) is 24.1 Å². The number of halogens is 1. The highest BCUT2D eigenvalue weighted by Gasteiger charge is 2.13. The minimum atomic E-state index is -0.336. The summed E-state index contributed by atoms with van der Waals surface area (Å²) in [6.07, 6.45) is 0.645. The van der Waals surface area contributed by atoms with Crippen LogP contribution in [0.15, 0.2) is 41.2 Å². The highest BCUT2D eigenvalue weighted by molar-refractivity contribution is 5.93. The van der Waals surface area contributed by atoms with Crippen LogP contribution >= 0.6 is 0 Å². The van der Waals surface area contributed by atoms with Crippen LogP contribution in [0, 0.1) is 5.82 Å². The first-order chi connectivity index (χ1) is 10.5. The molecule has 116 valence electrons. The molecule has 0 amide bonds. The summed E-state index contributed by atoms with van der Waals surface area (Å²) in [7, 11) is 1.59. The van der Waals surface area contributed by atoms with Crippen LogP contribution in [0.5, 0.6) is 0 Å². The molecular weight excluding hydrogens is 285 g/mol. The quantitative estimate of drug-likeness (QED) is 0.609. The van der Waals surface area contributed by atoms with E-state index in [1.165, 1.54) is 25.1 Å². The number of aromatic nitrogens is 1. The third-order valence-corrected chi connectivity index (χ3v) is 3.42. The van der Waals surface area contributed by atoms with E-state index < -0.39 is 0 Å². The Hall–Kier alpha value is -2.27. The molecule has 0 unspecified atom stereocenters. The number of carbonyl (C=O) groups excluding carboxylic acids is 1. The van der Waals surface area contributed by atoms with Crippen LogP contribution in [0.3, 0.4) is 0 Å². The SMILES string of the molecule is COCCCn1c(-c2ccc(F)cc2)ccc(C(C)=O)c1=O. The normalized spacial score (nSPS) is 10.7. The molecule has 0 bridgehead atoms. The molecule has 0 aliphatic heterocycles. The third-order valence-electron chi connectivity index (χ3n) is 3.42. The van der Waals surface area contributed by atoms with E-state index in [0.29, 0.717) is 25.3 Å². The lowest BCUT2D eigenvalue weighted by Crippen LogP contribution is -2.27. The lowest BCUT2D eigenvalue weighted by molar-refractivity contribution is 0.101. The molecule has 2 aromatic rings. The van der Waals surface area contributed by atoms with Crippen molar-refractivity contribution in [3.05, 3.63) is 58.1 Å². The fraction of sp³-hybridized carbons (Fsp3) is 0.294. The summed E-state index contributed by atoms with van der Waals surface area (Å²) in [5.41, 5.74) is 1.21. The van der Waals surface area contributed by atoms with Gasteiger partial charge < -0.3 is 9.30 Å². The second-order valence-electron chi connectivity index (χ2n) is 5.00. The van der Waals surface area contributed by atoms with Crippen molar-refractivity contribution in [2.75, 3.05) is 13.7 Å². The van der Waals surface area contributed by atoms with Gasteiger partial charge in [0, 0.05) is 20.3 Å². The molecule has 0 saturated carbocycles. The number of hydrogen-bond acceptors (Lipinski definition) is 3. The Morgan fingerprint density at radius 2 is 1.86 bits per heavy atom. The zero-order valence-corrected chi connectivity index (χ0v) is 12.6. The second kappa shape index (κ2) is 7.13. The molecule has 0 N–H and O–H groups in total. The first kappa shape index (κ1) is 16.1. The average Bonchev–Trinajstić information content (AvgIpc) is 2.49. The number of nitrogens with zero attached hydrogens (tertiary/aromatic N) is 1. The van der Waals surface area contributed by atoms with E-state index in [2.05, 4.69) is 0 Å². The number of carbonyl (C=O) groups is 1. The second-order valence-corrected chi connectivity index (χ2v) is 5.00. The summed E-state index contributed by atoms with van der Waals surface area (Å²) in [5.74, 6) is -0.603. The van der Waals surface area contributed by atoms with Crippen LogP contribution < -0.4 is 5.56 Å². The maximum atomic E-state index is 13.1. The van der Waals surface area contributed by atoms with Gasteiger partial charge in [-0.1, -0.05) is 0 Å². The maximum Gasteiger partial charge on any atom is 0.261 e. The number of ketones is 1. The van der Waals surface area contributed by atoms with Gasteiger partial charge in [-0.15, -0.1) is 0 Å². The minimum absolute atomic E-state index is 0.156. The molecule has 1 aromatic carbocycles. The number of rotatable bonds is 6. The van der Waals surface area contributed by atoms with E-state index in [9.17, 15) is 14.0 Å². The number of methoxy groups -OCH3 is 1. The van der Waals surface area contributed by atoms with Gasteiger partial charge in [-0.3, -0.25) is 9.59 Å². The van der Waals surface area contributed by atoms with Gasteiger partial charge in [0.1, 0.15) is 5.82 Å². The lowest BCUT2D eigenvalue weighted by atomic mass is 10.1. The number of hydrogen-bond donors (Lipinski definition) is 0. The van der Waals surface area contributed by atoms with Crippen molar-refractivity contribution >= 4 is 5.78 Å². The van der Waals surface area contributed by atoms with Gasteiger partial charge in [-0.05, 0) is 55.3 Å². The molecule has 1 heterocycles. The van der Waals surface area contributed by atoms with Crippen LogP contribution in [0.4, 0.5) is 4.39 Å². The van der Waals surface area contributed by atoms with Crippen LogP contribution in [-0.2, 0) is 11.3 Å². The highest BCUT2D eigenvalue weighted by atomic mass is 19.1. The monoisotopic (exact) mass is 303 g/mol. The number of pyridine rings is 1. The fourth-order valence-corrected chi connectivity index (χ4v) is 2.31. The fourth-order valence-electron chi connectivity index (χ4n) is 2.31. The van der Waals surface area contributed by atoms with Gasteiger partial charge in [0.15, 0.2) is 5.78 Å². The van der Waals surface area contributed by atoms with Gasteiger partial charge in [0.2, 0.25) is 0 Å². The summed E-state index contributed by atoms with van der Waals surface area (Å²) in [6.45, 7) is 2.31. The number of ether oxygens (including phenoxy) is 1. The summed E-state index contributed by atoms with van der Waals surface area (Å²) < 4.78 is 19.6. The van der Waals surface area contributed by atoms with E-state index in [0.717, 1.165) is 5.56 Å². The molecule has 0 atom stereocenters. The van der Waals surface area contributed by atoms with Crippen molar-refractivity contribution in [1.82, 2.24) is 4.57 Å². The highest BCUT2D eigenvalue weighted by Crippen LogP contribution is 2.19. The third kappa shape index (κ3) is 3.49. The summed E-state index contributed by atoms with van der Waals surface area (Å²) in [5, 5.41) is 0. The number of Topliss-reactive ketones (excluding diaryl/α,β-unsaturated/α-hetero) is 1. The smallest absolute Gasteiger partial charge is 0.261 e. The van der Waals surface area contributed by atoms with Crippen molar-refractivity contribution in [2.45, 2.75) is 19.9 Å². The Balaban J connectivity index is 2.52. The van der Waals surface area contributed by atoms with Gasteiger partial charge in [-0.25, -0.2) is 4.39 Å². The summed E-state index contributed by atoms with van der Waals surface area (Å²) in [6, 6.07) is 9.17. The zero-order valence-electron chi connectivity index (χ0n) is 12.6. The molecule has 0 aliphatic rings. The zero-order chi connectivity index (χ0) is 16.1. The molecule has 0 saturated heterocycles. The molecule has 22 heavy (non-hydrogen) atoms. The Morgan fingerprint density at radius 3 is 2.45 bits per heavy atom. The molecule has 2 rings (SSSR count). The Bertz CT molecular complexity index is 720. The topological polar surface area (TPSA) is 48.3 Å². The van der Waals surface area contributed by atoms with E-state index in [4.69, 9.17) is 4.74 Å². The average molecular weight is 303 g/mol. The molecule has 0 fully saturated rings. The van der Waals surface area contributed by atoms with E-state index in [1.807, 2.05) is 0 Å². The summed E-state index contributed by atoms with van der Waals surface area (Å²) in [4.78, 5) is 24.0. The lowest BCUT2D eigenvalue weighted by Gasteiger charge is -2.14.